The molecule has 2 N–H and O–H groups in total. The van der Waals surface area contributed by atoms with Crippen LogP contribution in [0.15, 0.2) is 72.1 Å². The van der Waals surface area contributed by atoms with Gasteiger partial charge in [-0.3, -0.25) is 10.1 Å². The SMILES string of the molecule is CCc1ccc([C@H](N[C@@H](C(=O)NC2CC2)c2ccccc2)c2cccs2)cc1. The van der Waals surface area contributed by atoms with Crippen LogP contribution in [0.4, 0.5) is 0 Å². The van der Waals surface area contributed by atoms with Crippen LogP contribution in [0.5, 0.6) is 0 Å². The Kier molecular flexibility index (Phi) is 5.89. The molecular weight excluding hydrogens is 364 g/mol. The smallest absolute Gasteiger partial charge is 0.241 e. The van der Waals surface area contributed by atoms with Crippen LogP contribution in [0.25, 0.3) is 0 Å². The van der Waals surface area contributed by atoms with Crippen molar-refractivity contribution in [3.05, 3.63) is 93.7 Å². The summed E-state index contributed by atoms with van der Waals surface area (Å²) in [6, 6.07) is 22.9. The van der Waals surface area contributed by atoms with Crippen LogP contribution in [-0.4, -0.2) is 11.9 Å². The van der Waals surface area contributed by atoms with Crippen molar-refractivity contribution >= 4 is 17.2 Å². The number of benzene rings is 2. The van der Waals surface area contributed by atoms with Gasteiger partial charge in [-0.05, 0) is 47.4 Å². The predicted octanol–water partition coefficient (Wildman–Crippen LogP) is 5.01. The van der Waals surface area contributed by atoms with Crippen molar-refractivity contribution < 1.29 is 4.79 Å². The minimum atomic E-state index is -0.389. The largest absolute Gasteiger partial charge is 0.352 e. The molecule has 0 radical (unpaired) electrons. The third-order valence-electron chi connectivity index (χ3n) is 5.20. The molecule has 1 fully saturated rings. The first-order valence-electron chi connectivity index (χ1n) is 9.98. The topological polar surface area (TPSA) is 41.1 Å². The van der Waals surface area contributed by atoms with Gasteiger partial charge in [0.05, 0.1) is 6.04 Å². The van der Waals surface area contributed by atoms with E-state index in [4.69, 9.17) is 0 Å². The molecule has 144 valence electrons. The van der Waals surface area contributed by atoms with Crippen LogP contribution in [0.2, 0.25) is 0 Å². The standard InChI is InChI=1S/C24H26N2OS/c1-2-17-10-12-19(13-11-17)22(21-9-6-16-28-21)26-23(18-7-4-3-5-8-18)24(27)25-20-14-15-20/h3-13,16,20,22-23,26H,2,14-15H2,1H3,(H,25,27)/t22-,23+/m0/s1. The molecule has 1 saturated carbocycles. The maximum atomic E-state index is 13.1. The summed E-state index contributed by atoms with van der Waals surface area (Å²) in [4.78, 5) is 14.3. The summed E-state index contributed by atoms with van der Waals surface area (Å²) in [7, 11) is 0. The second-order valence-electron chi connectivity index (χ2n) is 7.34. The lowest BCUT2D eigenvalue weighted by molar-refractivity contribution is -0.123. The number of carbonyl (C=O) groups is 1. The zero-order valence-corrected chi connectivity index (χ0v) is 16.9. The van der Waals surface area contributed by atoms with E-state index in [1.807, 2.05) is 30.3 Å². The van der Waals surface area contributed by atoms with E-state index in [1.165, 1.54) is 16.0 Å². The fourth-order valence-electron chi connectivity index (χ4n) is 3.39. The highest BCUT2D eigenvalue weighted by Crippen LogP contribution is 2.30. The van der Waals surface area contributed by atoms with Gasteiger partial charge in [-0.15, -0.1) is 11.3 Å². The van der Waals surface area contributed by atoms with E-state index in [2.05, 4.69) is 59.3 Å². The lowest BCUT2D eigenvalue weighted by atomic mass is 9.99. The van der Waals surface area contributed by atoms with Gasteiger partial charge in [0.2, 0.25) is 5.91 Å². The molecule has 1 amide bonds. The van der Waals surface area contributed by atoms with Crippen molar-refractivity contribution in [2.75, 3.05) is 0 Å². The number of nitrogens with one attached hydrogen (secondary N) is 2. The molecular formula is C24H26N2OS. The Morgan fingerprint density at radius 2 is 1.75 bits per heavy atom. The van der Waals surface area contributed by atoms with E-state index in [1.54, 1.807) is 11.3 Å². The number of carbonyl (C=O) groups excluding carboxylic acids is 1. The van der Waals surface area contributed by atoms with Gasteiger partial charge in [-0.2, -0.15) is 0 Å². The van der Waals surface area contributed by atoms with Gasteiger partial charge in [0, 0.05) is 10.9 Å². The van der Waals surface area contributed by atoms with Crippen molar-refractivity contribution in [2.24, 2.45) is 0 Å². The molecule has 1 heterocycles. The maximum absolute atomic E-state index is 13.1. The number of thiophene rings is 1. The van der Waals surface area contributed by atoms with Crippen LogP contribution in [0.1, 0.15) is 53.4 Å². The first-order chi connectivity index (χ1) is 13.7. The maximum Gasteiger partial charge on any atom is 0.241 e. The van der Waals surface area contributed by atoms with E-state index < -0.39 is 0 Å². The van der Waals surface area contributed by atoms with Gasteiger partial charge < -0.3 is 5.32 Å². The van der Waals surface area contributed by atoms with E-state index in [0.29, 0.717) is 6.04 Å². The van der Waals surface area contributed by atoms with Crippen LogP contribution in [0, 0.1) is 0 Å². The lowest BCUT2D eigenvalue weighted by Gasteiger charge is -2.26. The van der Waals surface area contributed by atoms with Crippen molar-refractivity contribution in [3.63, 3.8) is 0 Å². The minimum absolute atomic E-state index is 0.0268. The number of aryl methyl sites for hydroxylation is 1. The summed E-state index contributed by atoms with van der Waals surface area (Å²) in [5.74, 6) is 0.0560. The summed E-state index contributed by atoms with van der Waals surface area (Å²) in [5.41, 5.74) is 3.49. The highest BCUT2D eigenvalue weighted by molar-refractivity contribution is 7.10. The van der Waals surface area contributed by atoms with Crippen LogP contribution >= 0.6 is 11.3 Å². The van der Waals surface area contributed by atoms with E-state index in [0.717, 1.165) is 24.8 Å². The van der Waals surface area contributed by atoms with Gasteiger partial charge in [-0.25, -0.2) is 0 Å². The fourth-order valence-corrected chi connectivity index (χ4v) is 4.20. The first kappa shape index (κ1) is 18.9. The molecule has 28 heavy (non-hydrogen) atoms. The zero-order chi connectivity index (χ0) is 19.3. The summed E-state index contributed by atoms with van der Waals surface area (Å²) in [6.45, 7) is 2.16. The molecule has 3 aromatic rings. The van der Waals surface area contributed by atoms with Gasteiger partial charge >= 0.3 is 0 Å². The van der Waals surface area contributed by atoms with E-state index >= 15 is 0 Å². The Balaban J connectivity index is 1.66. The molecule has 3 nitrogen and oxygen atoms in total. The average molecular weight is 391 g/mol. The molecule has 1 aromatic heterocycles. The summed E-state index contributed by atoms with van der Waals surface area (Å²) >= 11 is 1.72. The minimum Gasteiger partial charge on any atom is -0.352 e. The second kappa shape index (κ2) is 8.72. The molecule has 1 aliphatic carbocycles. The summed E-state index contributed by atoms with van der Waals surface area (Å²) in [5, 5.41) is 8.92. The average Bonchev–Trinajstić information content (AvgIpc) is 3.38. The van der Waals surface area contributed by atoms with Gasteiger partial charge in [-0.1, -0.05) is 67.6 Å². The molecule has 1 aliphatic rings. The summed E-state index contributed by atoms with van der Waals surface area (Å²) in [6.07, 6.45) is 3.19. The Hall–Kier alpha value is -2.43. The normalized spacial score (nSPS) is 15.8. The molecule has 0 saturated heterocycles. The second-order valence-corrected chi connectivity index (χ2v) is 8.32. The van der Waals surface area contributed by atoms with Crippen LogP contribution in [0.3, 0.4) is 0 Å². The number of hydrogen-bond donors (Lipinski definition) is 2. The first-order valence-corrected chi connectivity index (χ1v) is 10.9. The monoisotopic (exact) mass is 390 g/mol. The molecule has 0 bridgehead atoms. The summed E-state index contributed by atoms with van der Waals surface area (Å²) < 4.78 is 0. The molecule has 4 rings (SSSR count). The van der Waals surface area contributed by atoms with Crippen molar-refractivity contribution in [1.29, 1.82) is 0 Å². The molecule has 4 heteroatoms. The highest BCUT2D eigenvalue weighted by Gasteiger charge is 2.30. The zero-order valence-electron chi connectivity index (χ0n) is 16.1. The Labute approximate surface area is 170 Å². The molecule has 0 unspecified atom stereocenters. The van der Waals surface area contributed by atoms with Gasteiger partial charge in [0.25, 0.3) is 0 Å². The number of rotatable bonds is 8. The van der Waals surface area contributed by atoms with E-state index in [9.17, 15) is 4.79 Å². The Morgan fingerprint density at radius 1 is 1.00 bits per heavy atom. The predicted molar refractivity (Wildman–Crippen MR) is 115 cm³/mol. The number of hydrogen-bond acceptors (Lipinski definition) is 3. The Morgan fingerprint density at radius 3 is 2.36 bits per heavy atom. The van der Waals surface area contributed by atoms with Gasteiger partial charge in [0.1, 0.15) is 6.04 Å². The van der Waals surface area contributed by atoms with Crippen molar-refractivity contribution in [1.82, 2.24) is 10.6 Å². The van der Waals surface area contributed by atoms with Crippen LogP contribution in [-0.2, 0) is 11.2 Å². The molecule has 0 spiro atoms. The lowest BCUT2D eigenvalue weighted by Crippen LogP contribution is -2.40. The van der Waals surface area contributed by atoms with Gasteiger partial charge in [0.15, 0.2) is 0 Å². The molecule has 0 aliphatic heterocycles. The quantitative estimate of drug-likeness (QED) is 0.568. The highest BCUT2D eigenvalue weighted by atomic mass is 32.1. The van der Waals surface area contributed by atoms with Crippen LogP contribution < -0.4 is 10.6 Å². The third kappa shape index (κ3) is 4.51. The molecule has 2 atom stereocenters. The fraction of sp³-hybridized carbons (Fsp3) is 0.292. The van der Waals surface area contributed by atoms with Crippen molar-refractivity contribution in [2.45, 2.75) is 44.3 Å². The van der Waals surface area contributed by atoms with Crippen molar-refractivity contribution in [3.8, 4) is 0 Å². The number of amides is 1. The molecule has 2 aromatic carbocycles. The third-order valence-corrected chi connectivity index (χ3v) is 6.14. The van der Waals surface area contributed by atoms with E-state index in [-0.39, 0.29) is 18.0 Å². The Bertz CT molecular complexity index is 886.